The Morgan fingerprint density at radius 2 is 1.72 bits per heavy atom. The van der Waals surface area contributed by atoms with Gasteiger partial charge in [-0.2, -0.15) is 0 Å². The summed E-state index contributed by atoms with van der Waals surface area (Å²) in [6.45, 7) is 5.34. The predicted molar refractivity (Wildman–Crippen MR) is 106 cm³/mol. The lowest BCUT2D eigenvalue weighted by atomic mass is 10.1. The van der Waals surface area contributed by atoms with E-state index >= 15 is 0 Å². The molecule has 0 bridgehead atoms. The van der Waals surface area contributed by atoms with Gasteiger partial charge in [-0.05, 0) is 37.6 Å². The second kappa shape index (κ2) is 7.38. The van der Waals surface area contributed by atoms with Crippen molar-refractivity contribution in [3.05, 3.63) is 69.8 Å². The standard InChI is InChI=1S/C20H22Cl2N2O/c1-20(2,13-25)23-10-14-11-24(19-9-4-3-6-15(14)19)12-16-17(21)7-5-8-18(16)22/h3-9,11,23,25H,10,12-13H2,1-2H3. The fraction of sp³-hybridized carbons (Fsp3) is 0.300. The molecule has 0 atom stereocenters. The number of halogens is 2. The molecule has 0 amide bonds. The van der Waals surface area contributed by atoms with Gasteiger partial charge in [0.05, 0.1) is 13.2 Å². The van der Waals surface area contributed by atoms with E-state index in [0.29, 0.717) is 23.1 Å². The number of hydrogen-bond donors (Lipinski definition) is 2. The van der Waals surface area contributed by atoms with Gasteiger partial charge in [-0.3, -0.25) is 0 Å². The molecule has 0 radical (unpaired) electrons. The minimum atomic E-state index is -0.324. The number of fused-ring (bicyclic) bond motifs is 1. The molecule has 0 unspecified atom stereocenters. The van der Waals surface area contributed by atoms with Crippen LogP contribution in [0.4, 0.5) is 0 Å². The summed E-state index contributed by atoms with van der Waals surface area (Å²) in [7, 11) is 0. The summed E-state index contributed by atoms with van der Waals surface area (Å²) in [5.41, 5.74) is 2.91. The molecule has 3 rings (SSSR count). The van der Waals surface area contributed by atoms with Gasteiger partial charge in [0.1, 0.15) is 0 Å². The molecule has 0 aliphatic rings. The number of aromatic nitrogens is 1. The molecule has 0 saturated heterocycles. The van der Waals surface area contributed by atoms with Crippen LogP contribution >= 0.6 is 23.2 Å². The second-order valence-electron chi connectivity index (χ2n) is 6.90. The first-order chi connectivity index (χ1) is 11.9. The Kier molecular flexibility index (Phi) is 5.40. The molecule has 0 aliphatic carbocycles. The zero-order chi connectivity index (χ0) is 18.0. The lowest BCUT2D eigenvalue weighted by Gasteiger charge is -2.23. The van der Waals surface area contributed by atoms with Gasteiger partial charge in [-0.15, -0.1) is 0 Å². The molecule has 5 heteroatoms. The lowest BCUT2D eigenvalue weighted by Crippen LogP contribution is -2.42. The molecule has 0 spiro atoms. The first-order valence-electron chi connectivity index (χ1n) is 8.27. The quantitative estimate of drug-likeness (QED) is 0.644. The van der Waals surface area contributed by atoms with Crippen LogP contribution < -0.4 is 5.32 Å². The van der Waals surface area contributed by atoms with Crippen molar-refractivity contribution in [2.45, 2.75) is 32.5 Å². The van der Waals surface area contributed by atoms with Crippen LogP contribution in [-0.2, 0) is 13.1 Å². The summed E-state index contributed by atoms with van der Waals surface area (Å²) in [5.74, 6) is 0. The van der Waals surface area contributed by atoms with Crippen LogP contribution in [0, 0.1) is 0 Å². The number of aliphatic hydroxyl groups is 1. The number of nitrogens with one attached hydrogen (secondary N) is 1. The molecular weight excluding hydrogens is 355 g/mol. The zero-order valence-corrected chi connectivity index (χ0v) is 15.9. The van der Waals surface area contributed by atoms with Crippen molar-refractivity contribution in [2.75, 3.05) is 6.61 Å². The first kappa shape index (κ1) is 18.3. The summed E-state index contributed by atoms with van der Waals surface area (Å²) < 4.78 is 2.17. The van der Waals surface area contributed by atoms with Gasteiger partial charge in [0.15, 0.2) is 0 Å². The van der Waals surface area contributed by atoms with Crippen LogP contribution in [0.2, 0.25) is 10.0 Å². The monoisotopic (exact) mass is 376 g/mol. The van der Waals surface area contributed by atoms with Crippen LogP contribution in [-0.4, -0.2) is 21.8 Å². The van der Waals surface area contributed by atoms with Crippen LogP contribution in [0.15, 0.2) is 48.7 Å². The molecule has 2 N–H and O–H groups in total. The topological polar surface area (TPSA) is 37.2 Å². The average Bonchev–Trinajstić information content (AvgIpc) is 2.95. The van der Waals surface area contributed by atoms with E-state index in [1.807, 2.05) is 44.2 Å². The van der Waals surface area contributed by atoms with Gasteiger partial charge < -0.3 is 15.0 Å². The predicted octanol–water partition coefficient (Wildman–Crippen LogP) is 4.86. The number of benzene rings is 2. The summed E-state index contributed by atoms with van der Waals surface area (Å²) in [6, 6.07) is 13.9. The minimum Gasteiger partial charge on any atom is -0.394 e. The van der Waals surface area contributed by atoms with Crippen molar-refractivity contribution >= 4 is 34.1 Å². The van der Waals surface area contributed by atoms with E-state index in [0.717, 1.165) is 11.1 Å². The third-order valence-corrected chi connectivity index (χ3v) is 5.12. The zero-order valence-electron chi connectivity index (χ0n) is 14.4. The van der Waals surface area contributed by atoms with Gasteiger partial charge >= 0.3 is 0 Å². The molecular formula is C20H22Cl2N2O. The van der Waals surface area contributed by atoms with Crippen molar-refractivity contribution in [3.63, 3.8) is 0 Å². The number of hydrogen-bond acceptors (Lipinski definition) is 2. The molecule has 3 aromatic rings. The van der Waals surface area contributed by atoms with E-state index in [1.165, 1.54) is 10.9 Å². The Morgan fingerprint density at radius 3 is 2.40 bits per heavy atom. The number of aliphatic hydroxyl groups excluding tert-OH is 1. The van der Waals surface area contributed by atoms with Crippen molar-refractivity contribution in [1.29, 1.82) is 0 Å². The van der Waals surface area contributed by atoms with E-state index in [4.69, 9.17) is 23.2 Å². The maximum atomic E-state index is 9.45. The maximum absolute atomic E-state index is 9.45. The van der Waals surface area contributed by atoms with Crippen molar-refractivity contribution in [1.82, 2.24) is 9.88 Å². The van der Waals surface area contributed by atoms with E-state index in [2.05, 4.69) is 28.2 Å². The summed E-state index contributed by atoms with van der Waals surface area (Å²) in [5, 5.41) is 15.4. The Morgan fingerprint density at radius 1 is 1.04 bits per heavy atom. The SMILES string of the molecule is CC(C)(CO)NCc1cn(Cc2c(Cl)cccc2Cl)c2ccccc12. The highest BCUT2D eigenvalue weighted by Crippen LogP contribution is 2.28. The third kappa shape index (κ3) is 4.01. The van der Waals surface area contributed by atoms with Crippen molar-refractivity contribution in [2.24, 2.45) is 0 Å². The van der Waals surface area contributed by atoms with Crippen LogP contribution in [0.5, 0.6) is 0 Å². The number of rotatable bonds is 6. The molecule has 1 heterocycles. The summed E-state index contributed by atoms with van der Waals surface area (Å²) >= 11 is 12.7. The average molecular weight is 377 g/mol. The Labute approximate surface area is 158 Å². The third-order valence-electron chi connectivity index (χ3n) is 4.41. The fourth-order valence-electron chi connectivity index (χ4n) is 2.84. The second-order valence-corrected chi connectivity index (χ2v) is 7.71. The van der Waals surface area contributed by atoms with Crippen molar-refractivity contribution < 1.29 is 5.11 Å². The van der Waals surface area contributed by atoms with Crippen LogP contribution in [0.25, 0.3) is 10.9 Å². The lowest BCUT2D eigenvalue weighted by molar-refractivity contribution is 0.187. The molecule has 1 aromatic heterocycles. The van der Waals surface area contributed by atoms with Gasteiger partial charge in [0, 0.05) is 44.8 Å². The molecule has 25 heavy (non-hydrogen) atoms. The molecule has 132 valence electrons. The van der Waals surface area contributed by atoms with Gasteiger partial charge in [-0.25, -0.2) is 0 Å². The molecule has 0 aliphatic heterocycles. The highest BCUT2D eigenvalue weighted by Gasteiger charge is 2.17. The fourth-order valence-corrected chi connectivity index (χ4v) is 3.36. The summed E-state index contributed by atoms with van der Waals surface area (Å²) in [4.78, 5) is 0. The molecule has 3 nitrogen and oxygen atoms in total. The Balaban J connectivity index is 1.97. The normalized spacial score (nSPS) is 12.0. The van der Waals surface area contributed by atoms with Crippen LogP contribution in [0.1, 0.15) is 25.0 Å². The van der Waals surface area contributed by atoms with Crippen LogP contribution in [0.3, 0.4) is 0 Å². The highest BCUT2D eigenvalue weighted by molar-refractivity contribution is 6.36. The number of para-hydroxylation sites is 1. The molecule has 0 fully saturated rings. The van der Waals surface area contributed by atoms with Gasteiger partial charge in [-0.1, -0.05) is 47.5 Å². The highest BCUT2D eigenvalue weighted by atomic mass is 35.5. The van der Waals surface area contributed by atoms with Crippen molar-refractivity contribution in [3.8, 4) is 0 Å². The number of nitrogens with zero attached hydrogens (tertiary/aromatic N) is 1. The van der Waals surface area contributed by atoms with Gasteiger partial charge in [0.25, 0.3) is 0 Å². The Bertz CT molecular complexity index is 866. The first-order valence-corrected chi connectivity index (χ1v) is 9.02. The van der Waals surface area contributed by atoms with E-state index in [9.17, 15) is 5.11 Å². The van der Waals surface area contributed by atoms with Gasteiger partial charge in [0.2, 0.25) is 0 Å². The van der Waals surface area contributed by atoms with E-state index < -0.39 is 0 Å². The van der Waals surface area contributed by atoms with E-state index in [1.54, 1.807) is 0 Å². The Hall–Kier alpha value is -1.52. The minimum absolute atomic E-state index is 0.0842. The van der Waals surface area contributed by atoms with E-state index in [-0.39, 0.29) is 12.1 Å². The maximum Gasteiger partial charge on any atom is 0.0607 e. The summed E-state index contributed by atoms with van der Waals surface area (Å²) in [6.07, 6.45) is 2.13. The molecule has 0 saturated carbocycles. The smallest absolute Gasteiger partial charge is 0.0607 e. The largest absolute Gasteiger partial charge is 0.394 e. The molecule has 2 aromatic carbocycles.